The highest BCUT2D eigenvalue weighted by atomic mass is 35.5. The number of nitrogens with one attached hydrogen (secondary N) is 1. The molecule has 0 aromatic heterocycles. The van der Waals surface area contributed by atoms with E-state index in [-0.39, 0.29) is 5.02 Å². The summed E-state index contributed by atoms with van der Waals surface area (Å²) in [6.45, 7) is 3.42. The van der Waals surface area contributed by atoms with Gasteiger partial charge >= 0.3 is 0 Å². The molecule has 5 heteroatoms. The molecule has 3 aromatic carbocycles. The van der Waals surface area contributed by atoms with Crippen LogP contribution in [0.4, 0.5) is 10.1 Å². The van der Waals surface area contributed by atoms with Gasteiger partial charge in [0.05, 0.1) is 11.6 Å². The lowest BCUT2D eigenvalue weighted by Crippen LogP contribution is -2.06. The SMILES string of the molecule is CCOc1cccc(CNc2ccc(F)c(Cl)c2)c1OCc1ccccc1. The minimum atomic E-state index is -0.438. The summed E-state index contributed by atoms with van der Waals surface area (Å²) in [5.74, 6) is 0.959. The standard InChI is InChI=1S/C22H21ClFNO2/c1-2-26-21-10-6-9-17(14-25-18-11-12-20(24)19(23)13-18)22(21)27-15-16-7-4-3-5-8-16/h3-13,25H,2,14-15H2,1H3. The summed E-state index contributed by atoms with van der Waals surface area (Å²) in [6.07, 6.45) is 0. The van der Waals surface area contributed by atoms with Crippen molar-refractivity contribution in [3.63, 3.8) is 0 Å². The summed E-state index contributed by atoms with van der Waals surface area (Å²) in [4.78, 5) is 0. The van der Waals surface area contributed by atoms with Gasteiger partial charge in [-0.25, -0.2) is 4.39 Å². The number of rotatable bonds is 8. The third-order valence-electron chi connectivity index (χ3n) is 3.99. The predicted octanol–water partition coefficient (Wildman–Crippen LogP) is 6.07. The molecule has 0 aliphatic rings. The molecule has 1 N–H and O–H groups in total. The average molecular weight is 386 g/mol. The van der Waals surface area contributed by atoms with Crippen molar-refractivity contribution in [3.05, 3.63) is 88.7 Å². The molecule has 0 unspecified atom stereocenters. The zero-order chi connectivity index (χ0) is 19.1. The fourth-order valence-electron chi connectivity index (χ4n) is 2.67. The van der Waals surface area contributed by atoms with Gasteiger partial charge in [-0.05, 0) is 36.8 Å². The second kappa shape index (κ2) is 9.28. The number of benzene rings is 3. The minimum Gasteiger partial charge on any atom is -0.490 e. The molecule has 27 heavy (non-hydrogen) atoms. The Hall–Kier alpha value is -2.72. The number of halogens is 2. The lowest BCUT2D eigenvalue weighted by atomic mass is 10.1. The third-order valence-corrected chi connectivity index (χ3v) is 4.28. The first kappa shape index (κ1) is 19.1. The van der Waals surface area contributed by atoms with Crippen molar-refractivity contribution >= 4 is 17.3 Å². The number of hydrogen-bond donors (Lipinski definition) is 1. The Labute approximate surface area is 163 Å². The fourth-order valence-corrected chi connectivity index (χ4v) is 2.85. The monoisotopic (exact) mass is 385 g/mol. The molecule has 0 saturated heterocycles. The number of ether oxygens (including phenoxy) is 2. The number of para-hydroxylation sites is 1. The molecule has 0 radical (unpaired) electrons. The van der Waals surface area contributed by atoms with E-state index in [4.69, 9.17) is 21.1 Å². The van der Waals surface area contributed by atoms with Crippen molar-refractivity contribution in [2.45, 2.75) is 20.1 Å². The quantitative estimate of drug-likeness (QED) is 0.510. The fraction of sp³-hybridized carbons (Fsp3) is 0.182. The normalized spacial score (nSPS) is 10.5. The molecule has 0 atom stereocenters. The van der Waals surface area contributed by atoms with Crippen LogP contribution in [-0.2, 0) is 13.2 Å². The van der Waals surface area contributed by atoms with E-state index in [2.05, 4.69) is 5.32 Å². The molecule has 0 aliphatic carbocycles. The highest BCUT2D eigenvalue weighted by molar-refractivity contribution is 6.31. The van der Waals surface area contributed by atoms with Crippen LogP contribution in [-0.4, -0.2) is 6.61 Å². The molecular weight excluding hydrogens is 365 g/mol. The summed E-state index contributed by atoms with van der Waals surface area (Å²) in [7, 11) is 0. The lowest BCUT2D eigenvalue weighted by Gasteiger charge is -2.17. The van der Waals surface area contributed by atoms with Crippen LogP contribution in [0.3, 0.4) is 0 Å². The predicted molar refractivity (Wildman–Crippen MR) is 107 cm³/mol. The van der Waals surface area contributed by atoms with Crippen LogP contribution in [0.2, 0.25) is 5.02 Å². The summed E-state index contributed by atoms with van der Waals surface area (Å²) in [6, 6.07) is 20.3. The van der Waals surface area contributed by atoms with Gasteiger partial charge in [0.15, 0.2) is 11.5 Å². The first-order valence-electron chi connectivity index (χ1n) is 8.77. The van der Waals surface area contributed by atoms with E-state index in [0.29, 0.717) is 31.3 Å². The summed E-state index contributed by atoms with van der Waals surface area (Å²) < 4.78 is 25.1. The first-order valence-corrected chi connectivity index (χ1v) is 9.15. The molecule has 0 aliphatic heterocycles. The van der Waals surface area contributed by atoms with Crippen molar-refractivity contribution in [1.82, 2.24) is 0 Å². The molecule has 3 rings (SSSR count). The van der Waals surface area contributed by atoms with Gasteiger partial charge < -0.3 is 14.8 Å². The van der Waals surface area contributed by atoms with Crippen molar-refractivity contribution in [2.24, 2.45) is 0 Å². The maximum Gasteiger partial charge on any atom is 0.166 e. The maximum atomic E-state index is 13.3. The Kier molecular flexibility index (Phi) is 6.55. The van der Waals surface area contributed by atoms with Gasteiger partial charge in [-0.15, -0.1) is 0 Å². The van der Waals surface area contributed by atoms with Gasteiger partial charge in [-0.3, -0.25) is 0 Å². The Bertz CT molecular complexity index is 887. The van der Waals surface area contributed by atoms with E-state index in [9.17, 15) is 4.39 Å². The Morgan fingerprint density at radius 3 is 2.52 bits per heavy atom. The van der Waals surface area contributed by atoms with Crippen LogP contribution in [0.5, 0.6) is 11.5 Å². The van der Waals surface area contributed by atoms with E-state index >= 15 is 0 Å². The topological polar surface area (TPSA) is 30.5 Å². The second-order valence-electron chi connectivity index (χ2n) is 5.93. The van der Waals surface area contributed by atoms with Crippen LogP contribution < -0.4 is 14.8 Å². The zero-order valence-corrected chi connectivity index (χ0v) is 15.8. The van der Waals surface area contributed by atoms with Gasteiger partial charge in [0.2, 0.25) is 0 Å². The van der Waals surface area contributed by atoms with Crippen molar-refractivity contribution in [1.29, 1.82) is 0 Å². The molecule has 0 fully saturated rings. The highest BCUT2D eigenvalue weighted by Gasteiger charge is 2.12. The maximum absolute atomic E-state index is 13.3. The third kappa shape index (κ3) is 5.14. The highest BCUT2D eigenvalue weighted by Crippen LogP contribution is 2.33. The van der Waals surface area contributed by atoms with E-state index < -0.39 is 5.82 Å². The van der Waals surface area contributed by atoms with E-state index in [1.165, 1.54) is 6.07 Å². The molecular formula is C22H21ClFNO2. The summed E-state index contributed by atoms with van der Waals surface area (Å²) in [5, 5.41) is 3.34. The first-order chi connectivity index (χ1) is 13.2. The Morgan fingerprint density at radius 2 is 1.78 bits per heavy atom. The van der Waals surface area contributed by atoms with Crippen LogP contribution in [0.15, 0.2) is 66.7 Å². The van der Waals surface area contributed by atoms with Crippen molar-refractivity contribution < 1.29 is 13.9 Å². The molecule has 0 amide bonds. The van der Waals surface area contributed by atoms with Crippen LogP contribution in [0, 0.1) is 5.82 Å². The van der Waals surface area contributed by atoms with Gasteiger partial charge in [0.1, 0.15) is 12.4 Å². The largest absolute Gasteiger partial charge is 0.490 e. The van der Waals surface area contributed by atoms with Crippen LogP contribution in [0.1, 0.15) is 18.1 Å². The molecule has 140 valence electrons. The van der Waals surface area contributed by atoms with Gasteiger partial charge in [0, 0.05) is 17.8 Å². The lowest BCUT2D eigenvalue weighted by molar-refractivity contribution is 0.267. The molecule has 3 aromatic rings. The average Bonchev–Trinajstić information content (AvgIpc) is 2.69. The van der Waals surface area contributed by atoms with Crippen LogP contribution in [0.25, 0.3) is 0 Å². The van der Waals surface area contributed by atoms with Gasteiger partial charge in [-0.2, -0.15) is 0 Å². The molecule has 3 nitrogen and oxygen atoms in total. The Morgan fingerprint density at radius 1 is 0.963 bits per heavy atom. The van der Waals surface area contributed by atoms with E-state index in [1.54, 1.807) is 12.1 Å². The zero-order valence-electron chi connectivity index (χ0n) is 15.0. The minimum absolute atomic E-state index is 0.0867. The van der Waals surface area contributed by atoms with Crippen molar-refractivity contribution in [3.8, 4) is 11.5 Å². The molecule has 0 saturated carbocycles. The molecule has 0 spiro atoms. The second-order valence-corrected chi connectivity index (χ2v) is 6.34. The Balaban J connectivity index is 1.78. The van der Waals surface area contributed by atoms with Gasteiger partial charge in [0.25, 0.3) is 0 Å². The van der Waals surface area contributed by atoms with Crippen LogP contribution >= 0.6 is 11.6 Å². The molecule has 0 bridgehead atoms. The molecule has 0 heterocycles. The number of hydrogen-bond acceptors (Lipinski definition) is 3. The van der Waals surface area contributed by atoms with Crippen molar-refractivity contribution in [2.75, 3.05) is 11.9 Å². The number of anilines is 1. The smallest absolute Gasteiger partial charge is 0.166 e. The summed E-state index contributed by atoms with van der Waals surface area (Å²) in [5.41, 5.74) is 2.75. The summed E-state index contributed by atoms with van der Waals surface area (Å²) >= 11 is 5.85. The van der Waals surface area contributed by atoms with E-state index in [0.717, 1.165) is 16.8 Å². The van der Waals surface area contributed by atoms with E-state index in [1.807, 2.05) is 55.5 Å². The van der Waals surface area contributed by atoms with Gasteiger partial charge in [-0.1, -0.05) is 54.1 Å².